The minimum atomic E-state index is 0. The van der Waals surface area contributed by atoms with Gasteiger partial charge in [-0.05, 0) is 55.7 Å². The lowest BCUT2D eigenvalue weighted by Gasteiger charge is -2.10. The fraction of sp³-hybridized carbons (Fsp3) is 0.318. The molecule has 0 aliphatic rings. The van der Waals surface area contributed by atoms with Gasteiger partial charge in [-0.3, -0.25) is 0 Å². The summed E-state index contributed by atoms with van der Waals surface area (Å²) in [6, 6.07) is 11.8. The molecule has 0 bridgehead atoms. The lowest BCUT2D eigenvalue weighted by molar-refractivity contribution is 0.354. The smallest absolute Gasteiger partial charge is 0.188 e. The second-order valence-electron chi connectivity index (χ2n) is 6.93. The maximum Gasteiger partial charge on any atom is 0.188 e. The summed E-state index contributed by atoms with van der Waals surface area (Å²) < 4.78 is 12.4. The first-order valence-electron chi connectivity index (χ1n) is 9.73. The van der Waals surface area contributed by atoms with Gasteiger partial charge in [-0.25, -0.2) is 14.7 Å². The van der Waals surface area contributed by atoms with Crippen molar-refractivity contribution in [3.8, 4) is 17.3 Å². The molecule has 166 valence electrons. The van der Waals surface area contributed by atoms with E-state index in [4.69, 9.17) is 15.2 Å². The molecule has 2 aromatic heterocycles. The maximum atomic E-state index is 5.99. The van der Waals surface area contributed by atoms with Crippen LogP contribution in [-0.2, 0) is 13.0 Å². The number of aliphatic imine (C=N–C) groups is 1. The molecule has 9 heteroatoms. The van der Waals surface area contributed by atoms with Gasteiger partial charge >= 0.3 is 0 Å². The number of benzene rings is 1. The van der Waals surface area contributed by atoms with Crippen LogP contribution in [-0.4, -0.2) is 41.5 Å². The summed E-state index contributed by atoms with van der Waals surface area (Å²) >= 11 is 0. The molecule has 0 spiro atoms. The van der Waals surface area contributed by atoms with Crippen LogP contribution in [0.3, 0.4) is 0 Å². The van der Waals surface area contributed by atoms with Crippen LogP contribution in [0.2, 0.25) is 0 Å². The molecule has 3 rings (SSSR count). The van der Waals surface area contributed by atoms with E-state index >= 15 is 0 Å². The SMILES string of the molecule is COc1ccc(CCNC(N)=NCc2ccc(-n3nc(C)cc3C)nc2)cc1OC.I. The van der Waals surface area contributed by atoms with Crippen LogP contribution in [0.25, 0.3) is 5.82 Å². The van der Waals surface area contributed by atoms with Crippen molar-refractivity contribution in [1.29, 1.82) is 0 Å². The number of pyridine rings is 1. The molecule has 3 aromatic rings. The summed E-state index contributed by atoms with van der Waals surface area (Å²) in [7, 11) is 3.25. The third-order valence-corrected chi connectivity index (χ3v) is 4.64. The molecule has 0 saturated heterocycles. The Balaban J connectivity index is 0.00000341. The Morgan fingerprint density at radius 2 is 1.81 bits per heavy atom. The van der Waals surface area contributed by atoms with Crippen LogP contribution in [0, 0.1) is 13.8 Å². The van der Waals surface area contributed by atoms with E-state index in [0.29, 0.717) is 30.5 Å². The third kappa shape index (κ3) is 6.58. The first-order chi connectivity index (χ1) is 14.5. The molecule has 0 fully saturated rings. The van der Waals surface area contributed by atoms with Crippen LogP contribution < -0.4 is 20.5 Å². The van der Waals surface area contributed by atoms with E-state index in [9.17, 15) is 0 Å². The van der Waals surface area contributed by atoms with Crippen molar-refractivity contribution in [3.63, 3.8) is 0 Å². The van der Waals surface area contributed by atoms with E-state index < -0.39 is 0 Å². The number of hydrogen-bond donors (Lipinski definition) is 2. The molecule has 8 nitrogen and oxygen atoms in total. The van der Waals surface area contributed by atoms with Gasteiger partial charge in [0.2, 0.25) is 0 Å². The molecule has 0 amide bonds. The number of hydrogen-bond acceptors (Lipinski definition) is 5. The van der Waals surface area contributed by atoms with E-state index in [2.05, 4.69) is 20.4 Å². The highest BCUT2D eigenvalue weighted by Gasteiger charge is 2.06. The number of guanidine groups is 1. The van der Waals surface area contributed by atoms with Gasteiger partial charge in [0.05, 0.1) is 26.5 Å². The second kappa shape index (κ2) is 11.5. The van der Waals surface area contributed by atoms with Crippen molar-refractivity contribution in [2.24, 2.45) is 10.7 Å². The zero-order valence-electron chi connectivity index (χ0n) is 18.3. The fourth-order valence-corrected chi connectivity index (χ4v) is 3.10. The van der Waals surface area contributed by atoms with Crippen LogP contribution in [0.5, 0.6) is 11.5 Å². The predicted molar refractivity (Wildman–Crippen MR) is 133 cm³/mol. The van der Waals surface area contributed by atoms with Crippen LogP contribution in [0.1, 0.15) is 22.5 Å². The maximum absolute atomic E-state index is 5.99. The number of halogens is 1. The molecule has 2 heterocycles. The normalized spacial score (nSPS) is 11.0. The summed E-state index contributed by atoms with van der Waals surface area (Å²) in [5.74, 6) is 2.62. The van der Waals surface area contributed by atoms with E-state index in [-0.39, 0.29) is 24.0 Å². The summed E-state index contributed by atoms with van der Waals surface area (Å²) in [5, 5.41) is 7.58. The Morgan fingerprint density at radius 1 is 1.06 bits per heavy atom. The van der Waals surface area contributed by atoms with E-state index in [1.165, 1.54) is 0 Å². The van der Waals surface area contributed by atoms with Crippen molar-refractivity contribution in [2.75, 3.05) is 20.8 Å². The first-order valence-corrected chi connectivity index (χ1v) is 9.73. The van der Waals surface area contributed by atoms with Gasteiger partial charge in [0.15, 0.2) is 23.3 Å². The van der Waals surface area contributed by atoms with Crippen molar-refractivity contribution < 1.29 is 9.47 Å². The minimum absolute atomic E-state index is 0. The zero-order chi connectivity index (χ0) is 21.5. The van der Waals surface area contributed by atoms with Crippen LogP contribution >= 0.6 is 24.0 Å². The third-order valence-electron chi connectivity index (χ3n) is 4.64. The number of aromatic nitrogens is 3. The molecule has 0 unspecified atom stereocenters. The average molecular weight is 536 g/mol. The number of ether oxygens (including phenoxy) is 2. The number of nitrogens with zero attached hydrogens (tertiary/aromatic N) is 4. The summed E-state index contributed by atoms with van der Waals surface area (Å²) in [4.78, 5) is 8.87. The van der Waals surface area contributed by atoms with Crippen molar-refractivity contribution in [3.05, 3.63) is 65.1 Å². The number of methoxy groups -OCH3 is 2. The highest BCUT2D eigenvalue weighted by molar-refractivity contribution is 14.0. The Hall–Kier alpha value is -2.82. The molecular formula is C22H29IN6O2. The Kier molecular flexibility index (Phi) is 9.10. The van der Waals surface area contributed by atoms with Gasteiger partial charge < -0.3 is 20.5 Å². The topological polar surface area (TPSA) is 99.6 Å². The van der Waals surface area contributed by atoms with Gasteiger partial charge in [0.25, 0.3) is 0 Å². The molecule has 0 radical (unpaired) electrons. The second-order valence-corrected chi connectivity index (χ2v) is 6.93. The Labute approximate surface area is 199 Å². The van der Waals surface area contributed by atoms with Gasteiger partial charge in [0.1, 0.15) is 0 Å². The predicted octanol–water partition coefficient (Wildman–Crippen LogP) is 3.17. The minimum Gasteiger partial charge on any atom is -0.493 e. The summed E-state index contributed by atoms with van der Waals surface area (Å²) in [6.45, 7) is 5.10. The Morgan fingerprint density at radius 3 is 2.42 bits per heavy atom. The number of nitrogens with two attached hydrogens (primary N) is 1. The average Bonchev–Trinajstić information content (AvgIpc) is 3.10. The van der Waals surface area contributed by atoms with Crippen molar-refractivity contribution in [1.82, 2.24) is 20.1 Å². The lowest BCUT2D eigenvalue weighted by atomic mass is 10.1. The van der Waals surface area contributed by atoms with Crippen LogP contribution in [0.15, 0.2) is 47.6 Å². The summed E-state index contributed by atoms with van der Waals surface area (Å²) in [5.41, 5.74) is 10.1. The molecule has 3 N–H and O–H groups in total. The molecular weight excluding hydrogens is 507 g/mol. The first kappa shape index (κ1) is 24.4. The van der Waals surface area contributed by atoms with Crippen molar-refractivity contribution >= 4 is 29.9 Å². The highest BCUT2D eigenvalue weighted by Crippen LogP contribution is 2.27. The van der Waals surface area contributed by atoms with Gasteiger partial charge in [-0.1, -0.05) is 12.1 Å². The quantitative estimate of drug-likeness (QED) is 0.261. The van der Waals surface area contributed by atoms with Gasteiger partial charge in [0, 0.05) is 18.4 Å². The van der Waals surface area contributed by atoms with Gasteiger partial charge in [-0.2, -0.15) is 5.10 Å². The standard InChI is InChI=1S/C22H28N6O2.HI/c1-15-11-16(2)28(27-15)21-8-6-18(13-25-21)14-26-22(23)24-10-9-17-5-7-19(29-3)20(12-17)30-4;/h5-8,11-13H,9-10,14H2,1-4H3,(H3,23,24,26);1H. The zero-order valence-corrected chi connectivity index (χ0v) is 20.6. The lowest BCUT2D eigenvalue weighted by Crippen LogP contribution is -2.33. The summed E-state index contributed by atoms with van der Waals surface area (Å²) in [6.07, 6.45) is 2.58. The monoisotopic (exact) mass is 536 g/mol. The number of nitrogens with one attached hydrogen (secondary N) is 1. The highest BCUT2D eigenvalue weighted by atomic mass is 127. The number of aryl methyl sites for hydroxylation is 2. The molecule has 0 aliphatic carbocycles. The molecule has 0 atom stereocenters. The van der Waals surface area contributed by atoms with E-state index in [0.717, 1.165) is 34.8 Å². The fourth-order valence-electron chi connectivity index (χ4n) is 3.10. The van der Waals surface area contributed by atoms with Gasteiger partial charge in [-0.15, -0.1) is 24.0 Å². The van der Waals surface area contributed by atoms with E-state index in [1.807, 2.05) is 54.9 Å². The van der Waals surface area contributed by atoms with Crippen molar-refractivity contribution in [2.45, 2.75) is 26.8 Å². The van der Waals surface area contributed by atoms with E-state index in [1.54, 1.807) is 20.4 Å². The Bertz CT molecular complexity index is 1020. The molecule has 31 heavy (non-hydrogen) atoms. The molecule has 0 saturated carbocycles. The largest absolute Gasteiger partial charge is 0.493 e. The number of rotatable bonds is 8. The molecule has 1 aromatic carbocycles. The molecule has 0 aliphatic heterocycles. The van der Waals surface area contributed by atoms with Crippen LogP contribution in [0.4, 0.5) is 0 Å².